The fourth-order valence-electron chi connectivity index (χ4n) is 12.1. The molecule has 1 spiro atoms. The Hall–Kier alpha value is -6.26. The number of rotatable bonds is 17. The number of carbonyl (C=O) groups is 1. The summed E-state index contributed by atoms with van der Waals surface area (Å²) in [5, 5.41) is 37.8. The summed E-state index contributed by atoms with van der Waals surface area (Å²) in [5.41, 5.74) is 4.48. The molecular formula is C57H71FN10O8S. The minimum Gasteiger partial charge on any atom is -0.629 e. The van der Waals surface area contributed by atoms with E-state index in [0.717, 1.165) is 83.5 Å². The normalized spacial score (nSPS) is 21.9. The maximum atomic E-state index is 15.0. The van der Waals surface area contributed by atoms with Gasteiger partial charge in [-0.1, -0.05) is 38.1 Å². The number of aliphatic hydroxyl groups is 1. The number of pyridine rings is 3. The zero-order valence-electron chi connectivity index (χ0n) is 44.8. The second-order valence-electron chi connectivity index (χ2n) is 22.1. The Morgan fingerprint density at radius 3 is 2.49 bits per heavy atom. The second-order valence-corrected chi connectivity index (χ2v) is 23.4. The molecule has 2 aromatic carbocycles. The van der Waals surface area contributed by atoms with E-state index in [4.69, 9.17) is 14.2 Å². The topological polar surface area (TPSA) is 209 Å². The SMILES string of the molecule is COc1cc(CN2CCN(C3CC4(CCN(c5ccc(C(=O)N(O)S(=O)c6cnc(NCC7CCC(C)(O)CC7)c([NH+](C)[O-])c6)c(Oc6cc7c(F)c[nH]c7nc6OC)c5)CC4)C3)[C@H](c3ccccc3C(C)C)C2)ccn1. The maximum absolute atomic E-state index is 15.0. The van der Waals surface area contributed by atoms with E-state index in [1.165, 1.54) is 61.4 Å². The van der Waals surface area contributed by atoms with Crippen LogP contribution in [0.2, 0.25) is 0 Å². The lowest BCUT2D eigenvalue weighted by Crippen LogP contribution is -2.98. The highest BCUT2D eigenvalue weighted by Crippen LogP contribution is 2.53. The minimum absolute atomic E-state index is 0.0100. The Morgan fingerprint density at radius 1 is 1.00 bits per heavy atom. The van der Waals surface area contributed by atoms with Crippen molar-refractivity contribution in [2.75, 3.05) is 70.8 Å². The summed E-state index contributed by atoms with van der Waals surface area (Å²) in [4.78, 5) is 37.8. The summed E-state index contributed by atoms with van der Waals surface area (Å²) >= 11 is 0. The molecule has 4 fully saturated rings. The van der Waals surface area contributed by atoms with Crippen LogP contribution in [0.4, 0.5) is 21.6 Å². The van der Waals surface area contributed by atoms with Crippen LogP contribution in [-0.4, -0.2) is 127 Å². The lowest BCUT2D eigenvalue weighted by Gasteiger charge is -2.58. The van der Waals surface area contributed by atoms with Gasteiger partial charge < -0.3 is 44.8 Å². The summed E-state index contributed by atoms with van der Waals surface area (Å²) < 4.78 is 46.5. The number of carbonyl (C=O) groups excluding carboxylic acids is 1. The van der Waals surface area contributed by atoms with Crippen LogP contribution in [0.5, 0.6) is 23.3 Å². The Morgan fingerprint density at radius 2 is 1.77 bits per heavy atom. The van der Waals surface area contributed by atoms with Crippen molar-refractivity contribution in [2.24, 2.45) is 11.3 Å². The molecule has 2 saturated carbocycles. The molecule has 1 amide bonds. The van der Waals surface area contributed by atoms with Gasteiger partial charge in [0.25, 0.3) is 11.8 Å². The van der Waals surface area contributed by atoms with E-state index in [1.807, 2.05) is 19.2 Å². The predicted molar refractivity (Wildman–Crippen MR) is 292 cm³/mol. The zero-order chi connectivity index (χ0) is 54.2. The van der Waals surface area contributed by atoms with Crippen LogP contribution in [0.3, 0.4) is 0 Å². The van der Waals surface area contributed by atoms with Gasteiger partial charge in [0.2, 0.25) is 5.88 Å². The molecule has 2 saturated heterocycles. The highest BCUT2D eigenvalue weighted by atomic mass is 32.2. The van der Waals surface area contributed by atoms with Crippen molar-refractivity contribution in [3.05, 3.63) is 119 Å². The van der Waals surface area contributed by atoms with E-state index in [-0.39, 0.29) is 71.5 Å². The first-order valence-corrected chi connectivity index (χ1v) is 27.9. The van der Waals surface area contributed by atoms with Crippen molar-refractivity contribution >= 4 is 45.1 Å². The fraction of sp³-hybridized carbons (Fsp3) is 0.474. The molecule has 0 radical (unpaired) electrons. The van der Waals surface area contributed by atoms with Crippen molar-refractivity contribution in [3.8, 4) is 23.3 Å². The number of methoxy groups -OCH3 is 2. The molecule has 2 aliphatic carbocycles. The fourth-order valence-corrected chi connectivity index (χ4v) is 12.9. The van der Waals surface area contributed by atoms with E-state index < -0.39 is 28.3 Å². The number of nitrogens with zero attached hydrogens (tertiary/aromatic N) is 7. The lowest BCUT2D eigenvalue weighted by atomic mass is 9.59. The monoisotopic (exact) mass is 1070 g/mol. The van der Waals surface area contributed by atoms with Gasteiger partial charge in [-0.25, -0.2) is 18.6 Å². The van der Waals surface area contributed by atoms with Crippen LogP contribution >= 0.6 is 0 Å². The van der Waals surface area contributed by atoms with Gasteiger partial charge in [0, 0.05) is 106 Å². The van der Waals surface area contributed by atoms with Crippen LogP contribution in [0.15, 0.2) is 90.2 Å². The number of benzene rings is 2. The van der Waals surface area contributed by atoms with Crippen molar-refractivity contribution in [1.29, 1.82) is 0 Å². The Balaban J connectivity index is 0.857. The number of amides is 1. The van der Waals surface area contributed by atoms with E-state index in [0.29, 0.717) is 43.0 Å². The average Bonchev–Trinajstić information content (AvgIpc) is 3.81. The summed E-state index contributed by atoms with van der Waals surface area (Å²) in [7, 11) is 1.88. The van der Waals surface area contributed by atoms with E-state index >= 15 is 0 Å². The third-order valence-electron chi connectivity index (χ3n) is 16.6. The predicted octanol–water partition coefficient (Wildman–Crippen LogP) is 8.28. The number of aromatic amines is 1. The Labute approximate surface area is 451 Å². The molecule has 3 atom stereocenters. The van der Waals surface area contributed by atoms with Gasteiger partial charge in [0.1, 0.15) is 17.2 Å². The quantitative estimate of drug-likeness (QED) is 0.0430. The number of H-pyrrole nitrogens is 1. The second kappa shape index (κ2) is 22.6. The molecule has 10 rings (SSSR count). The number of hydrogen-bond acceptors (Lipinski definition) is 15. The van der Waals surface area contributed by atoms with Gasteiger partial charge >= 0.3 is 0 Å². The third kappa shape index (κ3) is 11.6. The molecule has 2 unspecified atom stereocenters. The number of halogens is 1. The van der Waals surface area contributed by atoms with Crippen LogP contribution < -0.4 is 29.5 Å². The number of nitrogens with one attached hydrogen (secondary N) is 3. The first-order chi connectivity index (χ1) is 37.0. The minimum atomic E-state index is -2.53. The van der Waals surface area contributed by atoms with Crippen LogP contribution in [0, 0.1) is 22.4 Å². The van der Waals surface area contributed by atoms with Gasteiger partial charge in [-0.3, -0.25) is 19.8 Å². The van der Waals surface area contributed by atoms with E-state index in [2.05, 4.69) is 84.1 Å². The van der Waals surface area contributed by atoms with Gasteiger partial charge in [-0.15, -0.1) is 4.47 Å². The first kappa shape index (κ1) is 54.1. The van der Waals surface area contributed by atoms with Crippen molar-refractivity contribution in [1.82, 2.24) is 34.2 Å². The van der Waals surface area contributed by atoms with Crippen molar-refractivity contribution in [3.63, 3.8) is 0 Å². The molecule has 6 aromatic rings. The van der Waals surface area contributed by atoms with Gasteiger partial charge in [0.15, 0.2) is 28.2 Å². The number of piperidine rings is 1. The molecule has 18 nitrogen and oxygen atoms in total. The van der Waals surface area contributed by atoms with E-state index in [1.54, 1.807) is 19.2 Å². The molecule has 410 valence electrons. The van der Waals surface area contributed by atoms with Crippen molar-refractivity contribution < 1.29 is 43.0 Å². The highest BCUT2D eigenvalue weighted by Gasteiger charge is 2.50. The number of hydrogen-bond donors (Lipinski definition) is 5. The summed E-state index contributed by atoms with van der Waals surface area (Å²) in [6, 6.07) is 21.5. The summed E-state index contributed by atoms with van der Waals surface area (Å²) in [5.74, 6) is -0.0274. The summed E-state index contributed by atoms with van der Waals surface area (Å²) in [6.45, 7) is 12.1. The number of hydroxylamine groups is 2. The third-order valence-corrected chi connectivity index (χ3v) is 17.7. The Kier molecular flexibility index (Phi) is 15.9. The maximum Gasteiger partial charge on any atom is 0.293 e. The van der Waals surface area contributed by atoms with Crippen molar-refractivity contribution in [2.45, 2.75) is 107 Å². The van der Waals surface area contributed by atoms with Gasteiger partial charge in [0.05, 0.1) is 42.7 Å². The summed E-state index contributed by atoms with van der Waals surface area (Å²) in [6.07, 6.45) is 11.4. The first-order valence-electron chi connectivity index (χ1n) is 26.8. The molecule has 5 N–H and O–H groups in total. The molecule has 6 heterocycles. The molecule has 20 heteroatoms. The largest absolute Gasteiger partial charge is 0.629 e. The Bertz CT molecular complexity index is 3100. The van der Waals surface area contributed by atoms with Crippen LogP contribution in [0.1, 0.15) is 111 Å². The van der Waals surface area contributed by atoms with Crippen LogP contribution in [0.25, 0.3) is 11.0 Å². The number of piperazine rings is 1. The van der Waals surface area contributed by atoms with Crippen LogP contribution in [-0.2, 0) is 17.5 Å². The van der Waals surface area contributed by atoms with Gasteiger partial charge in [-0.05, 0) is 110 Å². The number of anilines is 2. The molecule has 4 aromatic heterocycles. The number of ether oxygens (including phenoxy) is 3. The molecular weight excluding hydrogens is 1000 g/mol. The molecule has 77 heavy (non-hydrogen) atoms. The lowest BCUT2D eigenvalue weighted by molar-refractivity contribution is -0.751. The zero-order valence-corrected chi connectivity index (χ0v) is 45.6. The molecule has 2 aliphatic heterocycles. The number of fused-ring (bicyclic) bond motifs is 1. The number of aromatic nitrogens is 4. The molecule has 0 bridgehead atoms. The number of quaternary nitrogens is 1. The molecule has 4 aliphatic rings. The highest BCUT2D eigenvalue weighted by molar-refractivity contribution is 7.83. The standard InChI is InChI=1S/C57H71FN10O8S/c1-36(2)42-9-7-8-10-43(42)48-35-65(34-38-15-20-59-51(25-38)74-5)23-24-67(48)40-29-57(30-40)18-21-66(22-19-57)39-11-12-44(49(26-39)76-50-28-45-46(58)33-62-52(45)63-54(50)75-6)55(69)68(72)77(73)41-27-47(64(4)71)53(61-32-41)60-31-37-13-16-56(3,70)17-14-37/h7-12,15,20,25-28,32-33,36-37,40,48,64,70,72H,13-14,16-19,21-24,29-31,34-35H2,1-6H3,(H,60,61)(H,62,63)/t37?,48-,56?,77?/m0/s1. The average molecular weight is 1080 g/mol. The smallest absolute Gasteiger partial charge is 0.293 e. The van der Waals surface area contributed by atoms with Gasteiger partial charge in [-0.2, -0.15) is 4.98 Å². The van der Waals surface area contributed by atoms with E-state index in [9.17, 15) is 28.9 Å².